The number of hydrogen-bond donors (Lipinski definition) is 0. The van der Waals surface area contributed by atoms with Gasteiger partial charge in [0.05, 0.1) is 19.6 Å². The van der Waals surface area contributed by atoms with Crippen molar-refractivity contribution in [3.63, 3.8) is 0 Å². The van der Waals surface area contributed by atoms with Crippen LogP contribution in [0.4, 0.5) is 0 Å². The first-order valence-corrected chi connectivity index (χ1v) is 7.47. The standard InChI is InChI=1S/C17H18Cl2O2/c1-11-5-4-6-12(7-11)8-14(18)13-9-16(20-2)17(21-3)10-15(13)19/h4-7,9-10,14H,8H2,1-3H3. The Bertz CT molecular complexity index is 626. The predicted molar refractivity (Wildman–Crippen MR) is 88.0 cm³/mol. The maximum absolute atomic E-state index is 6.54. The fourth-order valence-corrected chi connectivity index (χ4v) is 2.97. The van der Waals surface area contributed by atoms with E-state index in [-0.39, 0.29) is 5.38 Å². The molecule has 112 valence electrons. The Kier molecular flexibility index (Phi) is 5.38. The van der Waals surface area contributed by atoms with Crippen LogP contribution in [-0.4, -0.2) is 14.2 Å². The van der Waals surface area contributed by atoms with Crippen molar-refractivity contribution in [2.24, 2.45) is 0 Å². The summed E-state index contributed by atoms with van der Waals surface area (Å²) in [6, 6.07) is 11.9. The highest BCUT2D eigenvalue weighted by molar-refractivity contribution is 6.33. The highest BCUT2D eigenvalue weighted by atomic mass is 35.5. The monoisotopic (exact) mass is 324 g/mol. The average molecular weight is 325 g/mol. The van der Waals surface area contributed by atoms with E-state index < -0.39 is 0 Å². The Balaban J connectivity index is 2.28. The summed E-state index contributed by atoms with van der Waals surface area (Å²) in [6.45, 7) is 2.07. The zero-order chi connectivity index (χ0) is 15.4. The molecule has 0 saturated carbocycles. The van der Waals surface area contributed by atoms with Gasteiger partial charge in [0.25, 0.3) is 0 Å². The molecule has 0 N–H and O–H groups in total. The van der Waals surface area contributed by atoms with Gasteiger partial charge in [-0.25, -0.2) is 0 Å². The van der Waals surface area contributed by atoms with Crippen LogP contribution in [0.1, 0.15) is 22.1 Å². The molecule has 4 heteroatoms. The fourth-order valence-electron chi connectivity index (χ4n) is 2.27. The highest BCUT2D eigenvalue weighted by Crippen LogP contribution is 2.39. The van der Waals surface area contributed by atoms with Crippen LogP contribution in [0.5, 0.6) is 11.5 Å². The van der Waals surface area contributed by atoms with Gasteiger partial charge in [-0.2, -0.15) is 0 Å². The largest absolute Gasteiger partial charge is 0.493 e. The van der Waals surface area contributed by atoms with Gasteiger partial charge in [-0.05, 0) is 30.5 Å². The Morgan fingerprint density at radius 1 is 1.05 bits per heavy atom. The minimum absolute atomic E-state index is 0.223. The third-order valence-corrected chi connectivity index (χ3v) is 4.05. The smallest absolute Gasteiger partial charge is 0.162 e. The van der Waals surface area contributed by atoms with Crippen LogP contribution >= 0.6 is 23.2 Å². The third kappa shape index (κ3) is 3.84. The number of ether oxygens (including phenoxy) is 2. The molecule has 0 spiro atoms. The van der Waals surface area contributed by atoms with Crippen molar-refractivity contribution in [2.45, 2.75) is 18.7 Å². The van der Waals surface area contributed by atoms with Crippen molar-refractivity contribution in [1.82, 2.24) is 0 Å². The first-order valence-electron chi connectivity index (χ1n) is 6.66. The van der Waals surface area contributed by atoms with Gasteiger partial charge in [-0.15, -0.1) is 11.6 Å². The van der Waals surface area contributed by atoms with E-state index in [1.165, 1.54) is 11.1 Å². The number of hydrogen-bond acceptors (Lipinski definition) is 2. The molecule has 2 aromatic rings. The molecule has 2 aromatic carbocycles. The molecular weight excluding hydrogens is 307 g/mol. The highest BCUT2D eigenvalue weighted by Gasteiger charge is 2.17. The van der Waals surface area contributed by atoms with Crippen LogP contribution in [0.2, 0.25) is 5.02 Å². The van der Waals surface area contributed by atoms with Crippen LogP contribution in [-0.2, 0) is 6.42 Å². The fraction of sp³-hybridized carbons (Fsp3) is 0.294. The summed E-state index contributed by atoms with van der Waals surface area (Å²) >= 11 is 12.9. The van der Waals surface area contributed by atoms with E-state index in [0.29, 0.717) is 22.9 Å². The second-order valence-electron chi connectivity index (χ2n) is 4.89. The average Bonchev–Trinajstić information content (AvgIpc) is 2.46. The molecule has 0 amide bonds. The molecule has 0 aliphatic heterocycles. The minimum Gasteiger partial charge on any atom is -0.493 e. The lowest BCUT2D eigenvalue weighted by Gasteiger charge is -2.16. The molecule has 0 saturated heterocycles. The molecular formula is C17H18Cl2O2. The lowest BCUT2D eigenvalue weighted by Crippen LogP contribution is -1.99. The maximum atomic E-state index is 6.54. The summed E-state index contributed by atoms with van der Waals surface area (Å²) in [5, 5.41) is 0.361. The van der Waals surface area contributed by atoms with Gasteiger partial charge in [-0.1, -0.05) is 41.4 Å². The lowest BCUT2D eigenvalue weighted by molar-refractivity contribution is 0.354. The molecule has 0 bridgehead atoms. The molecule has 0 heterocycles. The summed E-state index contributed by atoms with van der Waals surface area (Å²) < 4.78 is 10.5. The minimum atomic E-state index is -0.223. The first-order chi connectivity index (χ1) is 10.0. The molecule has 0 aliphatic rings. The Labute approximate surface area is 135 Å². The maximum Gasteiger partial charge on any atom is 0.162 e. The molecule has 0 radical (unpaired) electrons. The van der Waals surface area contributed by atoms with Crippen LogP contribution < -0.4 is 9.47 Å². The summed E-state index contributed by atoms with van der Waals surface area (Å²) in [5.74, 6) is 1.23. The molecule has 1 unspecified atom stereocenters. The zero-order valence-electron chi connectivity index (χ0n) is 12.3. The normalized spacial score (nSPS) is 12.0. The lowest BCUT2D eigenvalue weighted by atomic mass is 10.0. The van der Waals surface area contributed by atoms with Crippen LogP contribution in [0, 0.1) is 6.92 Å². The van der Waals surface area contributed by atoms with Gasteiger partial charge in [0.15, 0.2) is 11.5 Å². The molecule has 0 aromatic heterocycles. The van der Waals surface area contributed by atoms with Crippen LogP contribution in [0.3, 0.4) is 0 Å². The van der Waals surface area contributed by atoms with Gasteiger partial charge in [-0.3, -0.25) is 0 Å². The van der Waals surface area contributed by atoms with Crippen molar-refractivity contribution in [2.75, 3.05) is 14.2 Å². The third-order valence-electron chi connectivity index (χ3n) is 3.34. The van der Waals surface area contributed by atoms with Gasteiger partial charge < -0.3 is 9.47 Å². The van der Waals surface area contributed by atoms with Crippen molar-refractivity contribution in [3.05, 3.63) is 58.1 Å². The van der Waals surface area contributed by atoms with E-state index in [2.05, 4.69) is 25.1 Å². The second kappa shape index (κ2) is 7.06. The summed E-state index contributed by atoms with van der Waals surface area (Å²) in [5.41, 5.74) is 3.24. The van der Waals surface area contributed by atoms with E-state index in [4.69, 9.17) is 32.7 Å². The van der Waals surface area contributed by atoms with Gasteiger partial charge >= 0.3 is 0 Å². The molecule has 2 rings (SSSR count). The number of benzene rings is 2. The Morgan fingerprint density at radius 2 is 1.71 bits per heavy atom. The second-order valence-corrected chi connectivity index (χ2v) is 5.82. The van der Waals surface area contributed by atoms with E-state index in [1.807, 2.05) is 12.1 Å². The SMILES string of the molecule is COc1cc(Cl)c(C(Cl)Cc2cccc(C)c2)cc1OC. The molecule has 2 nitrogen and oxygen atoms in total. The van der Waals surface area contributed by atoms with E-state index >= 15 is 0 Å². The summed E-state index contributed by atoms with van der Waals surface area (Å²) in [6.07, 6.45) is 0.707. The van der Waals surface area contributed by atoms with Gasteiger partial charge in [0, 0.05) is 11.1 Å². The van der Waals surface area contributed by atoms with Crippen molar-refractivity contribution < 1.29 is 9.47 Å². The first kappa shape index (κ1) is 16.0. The van der Waals surface area contributed by atoms with E-state index in [0.717, 1.165) is 5.56 Å². The Morgan fingerprint density at radius 3 is 2.33 bits per heavy atom. The predicted octanol–water partition coefficient (Wildman–Crippen LogP) is 5.19. The number of methoxy groups -OCH3 is 2. The zero-order valence-corrected chi connectivity index (χ0v) is 13.8. The number of halogens is 2. The summed E-state index contributed by atoms with van der Waals surface area (Å²) in [7, 11) is 3.18. The molecule has 0 fully saturated rings. The van der Waals surface area contributed by atoms with Gasteiger partial charge in [0.1, 0.15) is 0 Å². The molecule has 21 heavy (non-hydrogen) atoms. The topological polar surface area (TPSA) is 18.5 Å². The number of alkyl halides is 1. The quantitative estimate of drug-likeness (QED) is 0.705. The Hall–Kier alpha value is -1.38. The van der Waals surface area contributed by atoms with Crippen molar-refractivity contribution in [3.8, 4) is 11.5 Å². The van der Waals surface area contributed by atoms with Crippen molar-refractivity contribution in [1.29, 1.82) is 0 Å². The van der Waals surface area contributed by atoms with Crippen LogP contribution in [0.25, 0.3) is 0 Å². The summed E-state index contributed by atoms with van der Waals surface area (Å²) in [4.78, 5) is 0. The number of rotatable bonds is 5. The molecule has 0 aliphatic carbocycles. The van der Waals surface area contributed by atoms with Crippen LogP contribution in [0.15, 0.2) is 36.4 Å². The number of aryl methyl sites for hydroxylation is 1. The molecule has 1 atom stereocenters. The van der Waals surface area contributed by atoms with E-state index in [9.17, 15) is 0 Å². The van der Waals surface area contributed by atoms with Gasteiger partial charge in [0.2, 0.25) is 0 Å². The van der Waals surface area contributed by atoms with Crippen molar-refractivity contribution >= 4 is 23.2 Å². The van der Waals surface area contributed by atoms with E-state index in [1.54, 1.807) is 20.3 Å².